The van der Waals surface area contributed by atoms with Crippen LogP contribution >= 0.6 is 0 Å². The highest BCUT2D eigenvalue weighted by Gasteiger charge is 2.13. The SMILES string of the molecule is Cc1ccc(OCC(C)NC(=O)c2cccc([N+](=O)[O-])c2)cc1. The van der Waals surface area contributed by atoms with Gasteiger partial charge >= 0.3 is 0 Å². The highest BCUT2D eigenvalue weighted by Crippen LogP contribution is 2.14. The minimum atomic E-state index is -0.527. The number of nitro groups is 1. The maximum Gasteiger partial charge on any atom is 0.270 e. The van der Waals surface area contributed by atoms with E-state index in [9.17, 15) is 14.9 Å². The largest absolute Gasteiger partial charge is 0.491 e. The summed E-state index contributed by atoms with van der Waals surface area (Å²) in [7, 11) is 0. The summed E-state index contributed by atoms with van der Waals surface area (Å²) in [6.07, 6.45) is 0. The summed E-state index contributed by atoms with van der Waals surface area (Å²) in [5.41, 5.74) is 1.28. The van der Waals surface area contributed by atoms with E-state index in [1.54, 1.807) is 0 Å². The molecular formula is C17H18N2O4. The van der Waals surface area contributed by atoms with Gasteiger partial charge in [0.15, 0.2) is 0 Å². The summed E-state index contributed by atoms with van der Waals surface area (Å²) in [4.78, 5) is 22.3. The second kappa shape index (κ2) is 7.40. The van der Waals surface area contributed by atoms with Crippen molar-refractivity contribution in [1.29, 1.82) is 0 Å². The molecule has 0 aliphatic carbocycles. The van der Waals surface area contributed by atoms with Gasteiger partial charge in [0.2, 0.25) is 0 Å². The van der Waals surface area contributed by atoms with Gasteiger partial charge in [-0.3, -0.25) is 14.9 Å². The quantitative estimate of drug-likeness (QED) is 0.656. The highest BCUT2D eigenvalue weighted by molar-refractivity contribution is 5.94. The molecule has 6 nitrogen and oxygen atoms in total. The molecule has 0 aromatic heterocycles. The highest BCUT2D eigenvalue weighted by atomic mass is 16.6. The predicted octanol–water partition coefficient (Wildman–Crippen LogP) is 3.10. The molecule has 1 atom stereocenters. The Balaban J connectivity index is 1.90. The lowest BCUT2D eigenvalue weighted by atomic mass is 10.2. The third-order valence-corrected chi connectivity index (χ3v) is 3.22. The van der Waals surface area contributed by atoms with Crippen molar-refractivity contribution in [2.75, 3.05) is 6.61 Å². The van der Waals surface area contributed by atoms with Crippen molar-refractivity contribution in [3.8, 4) is 5.75 Å². The Labute approximate surface area is 134 Å². The minimum absolute atomic E-state index is 0.110. The first kappa shape index (κ1) is 16.5. The zero-order chi connectivity index (χ0) is 16.8. The average molecular weight is 314 g/mol. The summed E-state index contributed by atoms with van der Waals surface area (Å²) in [5, 5.41) is 13.5. The molecule has 2 rings (SSSR count). The van der Waals surface area contributed by atoms with Gasteiger partial charge in [0.1, 0.15) is 12.4 Å². The number of aryl methyl sites for hydroxylation is 1. The fourth-order valence-electron chi connectivity index (χ4n) is 1.97. The van der Waals surface area contributed by atoms with Crippen LogP contribution in [0.1, 0.15) is 22.8 Å². The van der Waals surface area contributed by atoms with Gasteiger partial charge in [-0.1, -0.05) is 23.8 Å². The number of carbonyl (C=O) groups is 1. The van der Waals surface area contributed by atoms with E-state index in [2.05, 4.69) is 5.32 Å². The molecule has 23 heavy (non-hydrogen) atoms. The van der Waals surface area contributed by atoms with E-state index < -0.39 is 4.92 Å². The molecule has 0 aliphatic heterocycles. The van der Waals surface area contributed by atoms with E-state index in [0.29, 0.717) is 6.61 Å². The molecule has 6 heteroatoms. The van der Waals surface area contributed by atoms with E-state index in [1.165, 1.54) is 24.3 Å². The Kier molecular flexibility index (Phi) is 5.30. The lowest BCUT2D eigenvalue weighted by molar-refractivity contribution is -0.384. The number of ether oxygens (including phenoxy) is 1. The monoisotopic (exact) mass is 314 g/mol. The van der Waals surface area contributed by atoms with Gasteiger partial charge in [0.25, 0.3) is 11.6 Å². The van der Waals surface area contributed by atoms with Crippen molar-refractivity contribution in [3.63, 3.8) is 0 Å². The van der Waals surface area contributed by atoms with Gasteiger partial charge in [0, 0.05) is 17.7 Å². The second-order valence-corrected chi connectivity index (χ2v) is 5.31. The average Bonchev–Trinajstić information content (AvgIpc) is 2.54. The van der Waals surface area contributed by atoms with Crippen LogP contribution in [0, 0.1) is 17.0 Å². The number of rotatable bonds is 6. The van der Waals surface area contributed by atoms with Crippen molar-refractivity contribution < 1.29 is 14.5 Å². The first-order valence-electron chi connectivity index (χ1n) is 7.20. The maximum atomic E-state index is 12.1. The Hall–Kier alpha value is -2.89. The molecule has 0 spiro atoms. The summed E-state index contributed by atoms with van der Waals surface area (Å²) < 4.78 is 5.60. The molecule has 0 fully saturated rings. The Bertz CT molecular complexity index is 698. The van der Waals surface area contributed by atoms with Crippen LogP contribution < -0.4 is 10.1 Å². The van der Waals surface area contributed by atoms with E-state index in [0.717, 1.165) is 11.3 Å². The van der Waals surface area contributed by atoms with Crippen LogP contribution in [0.25, 0.3) is 0 Å². The molecule has 0 heterocycles. The number of hydrogen-bond donors (Lipinski definition) is 1. The smallest absolute Gasteiger partial charge is 0.270 e. The topological polar surface area (TPSA) is 81.5 Å². The molecule has 0 bridgehead atoms. The zero-order valence-electron chi connectivity index (χ0n) is 13.0. The fourth-order valence-corrected chi connectivity index (χ4v) is 1.97. The van der Waals surface area contributed by atoms with Crippen molar-refractivity contribution in [1.82, 2.24) is 5.32 Å². The number of amides is 1. The van der Waals surface area contributed by atoms with Gasteiger partial charge in [-0.2, -0.15) is 0 Å². The molecule has 0 saturated heterocycles. The first-order chi connectivity index (χ1) is 11.0. The van der Waals surface area contributed by atoms with Crippen LogP contribution in [0.5, 0.6) is 5.75 Å². The maximum absolute atomic E-state index is 12.1. The van der Waals surface area contributed by atoms with Gasteiger partial charge in [-0.15, -0.1) is 0 Å². The molecule has 2 aromatic carbocycles. The van der Waals surface area contributed by atoms with Gasteiger partial charge < -0.3 is 10.1 Å². The molecule has 1 amide bonds. The van der Waals surface area contributed by atoms with Crippen LogP contribution in [0.3, 0.4) is 0 Å². The Morgan fingerprint density at radius 2 is 1.96 bits per heavy atom. The summed E-state index contributed by atoms with van der Waals surface area (Å²) >= 11 is 0. The van der Waals surface area contributed by atoms with Gasteiger partial charge in [-0.05, 0) is 32.0 Å². The summed E-state index contributed by atoms with van der Waals surface area (Å²) in [6.45, 7) is 4.11. The van der Waals surface area contributed by atoms with Crippen LogP contribution in [0.4, 0.5) is 5.69 Å². The molecular weight excluding hydrogens is 296 g/mol. The lowest BCUT2D eigenvalue weighted by Crippen LogP contribution is -2.36. The van der Waals surface area contributed by atoms with Crippen molar-refractivity contribution in [2.45, 2.75) is 19.9 Å². The molecule has 1 unspecified atom stereocenters. The van der Waals surface area contributed by atoms with Gasteiger partial charge in [-0.25, -0.2) is 0 Å². The number of hydrogen-bond acceptors (Lipinski definition) is 4. The molecule has 0 aliphatic rings. The predicted molar refractivity (Wildman–Crippen MR) is 86.7 cm³/mol. The number of non-ortho nitro benzene ring substituents is 1. The van der Waals surface area contributed by atoms with Crippen molar-refractivity contribution >= 4 is 11.6 Å². The summed E-state index contributed by atoms with van der Waals surface area (Å²) in [6, 6.07) is 13.0. The first-order valence-corrected chi connectivity index (χ1v) is 7.20. The summed E-state index contributed by atoms with van der Waals surface area (Å²) in [5.74, 6) is 0.362. The number of nitrogens with zero attached hydrogens (tertiary/aromatic N) is 1. The molecule has 1 N–H and O–H groups in total. The van der Waals surface area contributed by atoms with Crippen LogP contribution in [0.15, 0.2) is 48.5 Å². The molecule has 120 valence electrons. The Morgan fingerprint density at radius 1 is 1.26 bits per heavy atom. The third kappa shape index (κ3) is 4.81. The van der Waals surface area contributed by atoms with Crippen LogP contribution in [-0.2, 0) is 0 Å². The van der Waals surface area contributed by atoms with E-state index >= 15 is 0 Å². The number of benzene rings is 2. The van der Waals surface area contributed by atoms with E-state index in [1.807, 2.05) is 38.1 Å². The standard InChI is InChI=1S/C17H18N2O4/c1-12-6-8-16(9-7-12)23-11-13(2)18-17(20)14-4-3-5-15(10-14)19(21)22/h3-10,13H,11H2,1-2H3,(H,18,20). The molecule has 0 saturated carbocycles. The van der Waals surface area contributed by atoms with E-state index in [4.69, 9.17) is 4.74 Å². The lowest BCUT2D eigenvalue weighted by Gasteiger charge is -2.15. The second-order valence-electron chi connectivity index (χ2n) is 5.31. The number of nitro benzene ring substituents is 1. The van der Waals surface area contributed by atoms with Crippen molar-refractivity contribution in [2.24, 2.45) is 0 Å². The number of nitrogens with one attached hydrogen (secondary N) is 1. The van der Waals surface area contributed by atoms with Gasteiger partial charge in [0.05, 0.1) is 11.0 Å². The fraction of sp³-hybridized carbons (Fsp3) is 0.235. The third-order valence-electron chi connectivity index (χ3n) is 3.22. The van der Waals surface area contributed by atoms with E-state index in [-0.39, 0.29) is 23.2 Å². The van der Waals surface area contributed by atoms with Crippen molar-refractivity contribution in [3.05, 3.63) is 69.8 Å². The van der Waals surface area contributed by atoms with Crippen LogP contribution in [-0.4, -0.2) is 23.5 Å². The van der Waals surface area contributed by atoms with Crippen LogP contribution in [0.2, 0.25) is 0 Å². The minimum Gasteiger partial charge on any atom is -0.491 e. The Morgan fingerprint density at radius 3 is 2.61 bits per heavy atom. The molecule has 0 radical (unpaired) electrons. The zero-order valence-corrected chi connectivity index (χ0v) is 13.0. The normalized spacial score (nSPS) is 11.6. The molecule has 2 aromatic rings. The number of carbonyl (C=O) groups excluding carboxylic acids is 1.